The van der Waals surface area contributed by atoms with Crippen LogP contribution in [0.2, 0.25) is 15.1 Å². The van der Waals surface area contributed by atoms with E-state index in [1.807, 2.05) is 13.8 Å². The van der Waals surface area contributed by atoms with Crippen molar-refractivity contribution in [3.63, 3.8) is 0 Å². The van der Waals surface area contributed by atoms with Gasteiger partial charge in [0.2, 0.25) is 0 Å². The molecule has 8 heteroatoms. The summed E-state index contributed by atoms with van der Waals surface area (Å²) in [6.45, 7) is 9.04. The Morgan fingerprint density at radius 2 is 1.64 bits per heavy atom. The van der Waals surface area contributed by atoms with Gasteiger partial charge in [-0.05, 0) is 39.2 Å². The van der Waals surface area contributed by atoms with Gasteiger partial charge >= 0.3 is 12.1 Å². The Balaban J connectivity index is 2.90. The van der Waals surface area contributed by atoms with Gasteiger partial charge in [0.25, 0.3) is 0 Å². The summed E-state index contributed by atoms with van der Waals surface area (Å²) >= 11 is 17.8. The number of benzene rings is 1. The van der Waals surface area contributed by atoms with Crippen LogP contribution in [0.15, 0.2) is 12.1 Å². The minimum Gasteiger partial charge on any atom is -0.444 e. The largest absolute Gasteiger partial charge is 0.444 e. The van der Waals surface area contributed by atoms with Crippen molar-refractivity contribution in [3.05, 3.63) is 27.2 Å². The van der Waals surface area contributed by atoms with Gasteiger partial charge in [-0.1, -0.05) is 48.7 Å². The van der Waals surface area contributed by atoms with E-state index in [0.717, 1.165) is 0 Å². The number of carbonyl (C=O) groups is 2. The first-order valence-electron chi connectivity index (χ1n) is 7.74. The van der Waals surface area contributed by atoms with Crippen LogP contribution < -0.4 is 10.1 Å². The lowest BCUT2D eigenvalue weighted by molar-refractivity contribution is -0.137. The van der Waals surface area contributed by atoms with Gasteiger partial charge in [-0.25, -0.2) is 9.59 Å². The number of rotatable bonds is 5. The normalized spacial score (nSPS) is 12.7. The Morgan fingerprint density at radius 1 is 1.08 bits per heavy atom. The molecular formula is C17H22Cl3NO4. The van der Waals surface area contributed by atoms with Crippen LogP contribution in [0.5, 0.6) is 5.75 Å². The molecule has 1 N–H and O–H groups in total. The second-order valence-corrected chi connectivity index (χ2v) is 8.17. The lowest BCUT2D eigenvalue weighted by Gasteiger charge is -2.23. The SMILES string of the molecule is CC(C)C[C@H](NC(=O)OC(C)(C)C)C(=O)Oc1cc(Cl)c(Cl)cc1Cl. The van der Waals surface area contributed by atoms with Gasteiger partial charge in [0, 0.05) is 6.07 Å². The molecule has 1 aromatic carbocycles. The Kier molecular flexibility index (Phi) is 7.85. The summed E-state index contributed by atoms with van der Waals surface area (Å²) < 4.78 is 10.5. The number of esters is 1. The zero-order valence-corrected chi connectivity index (χ0v) is 17.1. The Labute approximate surface area is 162 Å². The smallest absolute Gasteiger partial charge is 0.408 e. The quantitative estimate of drug-likeness (QED) is 0.396. The van der Waals surface area contributed by atoms with Crippen molar-refractivity contribution in [2.24, 2.45) is 5.92 Å². The molecule has 1 amide bonds. The maximum atomic E-state index is 12.5. The molecule has 0 aliphatic heterocycles. The van der Waals surface area contributed by atoms with Crippen molar-refractivity contribution in [1.82, 2.24) is 5.32 Å². The molecule has 25 heavy (non-hydrogen) atoms. The van der Waals surface area contributed by atoms with Crippen molar-refractivity contribution in [1.29, 1.82) is 0 Å². The summed E-state index contributed by atoms with van der Waals surface area (Å²) in [6, 6.07) is 1.84. The molecule has 0 spiro atoms. The molecule has 5 nitrogen and oxygen atoms in total. The van der Waals surface area contributed by atoms with Gasteiger partial charge in [0.15, 0.2) is 5.75 Å². The van der Waals surface area contributed by atoms with Gasteiger partial charge in [-0.3, -0.25) is 0 Å². The highest BCUT2D eigenvalue weighted by Gasteiger charge is 2.27. The molecule has 0 unspecified atom stereocenters. The van der Waals surface area contributed by atoms with Crippen LogP contribution in [0.4, 0.5) is 4.79 Å². The van der Waals surface area contributed by atoms with Crippen molar-refractivity contribution < 1.29 is 19.1 Å². The lowest BCUT2D eigenvalue weighted by Crippen LogP contribution is -2.45. The maximum absolute atomic E-state index is 12.5. The fourth-order valence-corrected chi connectivity index (χ4v) is 2.47. The molecule has 1 atom stereocenters. The van der Waals surface area contributed by atoms with E-state index in [4.69, 9.17) is 44.3 Å². The number of hydrogen-bond donors (Lipinski definition) is 1. The summed E-state index contributed by atoms with van der Waals surface area (Å²) in [4.78, 5) is 24.4. The number of ether oxygens (including phenoxy) is 2. The highest BCUT2D eigenvalue weighted by Crippen LogP contribution is 2.34. The van der Waals surface area contributed by atoms with Crippen LogP contribution in [-0.4, -0.2) is 23.7 Å². The fourth-order valence-electron chi connectivity index (χ4n) is 1.90. The summed E-state index contributed by atoms with van der Waals surface area (Å²) in [5, 5.41) is 3.12. The number of carbonyl (C=O) groups excluding carboxylic acids is 2. The van der Waals surface area contributed by atoms with Crippen molar-refractivity contribution in [2.45, 2.75) is 52.7 Å². The zero-order valence-electron chi connectivity index (χ0n) is 14.8. The Hall–Kier alpha value is -1.17. The minimum absolute atomic E-state index is 0.0702. The highest BCUT2D eigenvalue weighted by atomic mass is 35.5. The van der Waals surface area contributed by atoms with Gasteiger partial charge in [-0.15, -0.1) is 0 Å². The average molecular weight is 411 g/mol. The van der Waals surface area contributed by atoms with Crippen LogP contribution >= 0.6 is 34.8 Å². The van der Waals surface area contributed by atoms with Gasteiger partial charge < -0.3 is 14.8 Å². The van der Waals surface area contributed by atoms with E-state index in [9.17, 15) is 9.59 Å². The molecule has 0 bridgehead atoms. The summed E-state index contributed by atoms with van der Waals surface area (Å²) in [6.07, 6.45) is -0.327. The van der Waals surface area contributed by atoms with Gasteiger partial charge in [0.1, 0.15) is 11.6 Å². The van der Waals surface area contributed by atoms with E-state index >= 15 is 0 Å². The summed E-state index contributed by atoms with van der Waals surface area (Å²) in [5.41, 5.74) is -0.677. The second kappa shape index (κ2) is 8.97. The third kappa shape index (κ3) is 7.72. The highest BCUT2D eigenvalue weighted by molar-refractivity contribution is 6.43. The molecule has 0 heterocycles. The van der Waals surface area contributed by atoms with E-state index in [0.29, 0.717) is 6.42 Å². The van der Waals surface area contributed by atoms with Crippen LogP contribution in [0.25, 0.3) is 0 Å². The average Bonchev–Trinajstić information content (AvgIpc) is 2.41. The van der Waals surface area contributed by atoms with Crippen LogP contribution in [-0.2, 0) is 9.53 Å². The van der Waals surface area contributed by atoms with E-state index < -0.39 is 23.7 Å². The van der Waals surface area contributed by atoms with Crippen LogP contribution in [0, 0.1) is 5.92 Å². The van der Waals surface area contributed by atoms with Crippen LogP contribution in [0.1, 0.15) is 41.0 Å². The fraction of sp³-hybridized carbons (Fsp3) is 0.529. The second-order valence-electron chi connectivity index (χ2n) is 6.95. The molecule has 0 saturated carbocycles. The first-order valence-corrected chi connectivity index (χ1v) is 8.88. The molecule has 0 aliphatic carbocycles. The van der Waals surface area contributed by atoms with Crippen molar-refractivity contribution in [2.75, 3.05) is 0 Å². The van der Waals surface area contributed by atoms with Gasteiger partial charge in [-0.2, -0.15) is 0 Å². The molecule has 1 rings (SSSR count). The van der Waals surface area contributed by atoms with Gasteiger partial charge in [0.05, 0.1) is 15.1 Å². The Bertz CT molecular complexity index is 642. The number of halogens is 3. The molecule has 140 valence electrons. The molecule has 0 fully saturated rings. The number of hydrogen-bond acceptors (Lipinski definition) is 4. The third-order valence-corrected chi connectivity index (χ3v) is 3.89. The standard InChI is InChI=1S/C17H22Cl3NO4/c1-9(2)6-13(21-16(23)25-17(3,4)5)15(22)24-14-8-11(19)10(18)7-12(14)20/h7-9,13H,6H2,1-5H3,(H,21,23)/t13-/m0/s1. The van der Waals surface area contributed by atoms with E-state index in [2.05, 4.69) is 5.32 Å². The first kappa shape index (κ1) is 21.9. The van der Waals surface area contributed by atoms with Crippen molar-refractivity contribution >= 4 is 46.9 Å². The number of amides is 1. The lowest BCUT2D eigenvalue weighted by atomic mass is 10.0. The van der Waals surface area contributed by atoms with E-state index in [-0.39, 0.29) is 26.7 Å². The van der Waals surface area contributed by atoms with Crippen molar-refractivity contribution in [3.8, 4) is 5.75 Å². The number of nitrogens with one attached hydrogen (secondary N) is 1. The summed E-state index contributed by atoms with van der Waals surface area (Å²) in [7, 11) is 0. The molecule has 0 aliphatic rings. The minimum atomic E-state index is -0.889. The number of alkyl carbamates (subject to hydrolysis) is 1. The van der Waals surface area contributed by atoms with E-state index in [1.165, 1.54) is 12.1 Å². The maximum Gasteiger partial charge on any atom is 0.408 e. The predicted molar refractivity (Wildman–Crippen MR) is 99.7 cm³/mol. The molecule has 0 aromatic heterocycles. The summed E-state index contributed by atoms with van der Waals surface area (Å²) in [5.74, 6) is -0.461. The third-order valence-electron chi connectivity index (χ3n) is 2.87. The molecule has 0 saturated heterocycles. The van der Waals surface area contributed by atoms with Crippen LogP contribution in [0.3, 0.4) is 0 Å². The first-order chi connectivity index (χ1) is 11.4. The molecule has 0 radical (unpaired) electrons. The molecular weight excluding hydrogens is 389 g/mol. The molecule has 1 aromatic rings. The zero-order chi connectivity index (χ0) is 19.4. The van der Waals surface area contributed by atoms with E-state index in [1.54, 1.807) is 20.8 Å². The Morgan fingerprint density at radius 3 is 2.16 bits per heavy atom. The predicted octanol–water partition coefficient (Wildman–Crippen LogP) is 5.49. The monoisotopic (exact) mass is 409 g/mol. The topological polar surface area (TPSA) is 64.6 Å².